The Labute approximate surface area is 272 Å². The van der Waals surface area contributed by atoms with E-state index in [-0.39, 0.29) is 29.5 Å². The van der Waals surface area contributed by atoms with Crippen molar-refractivity contribution in [1.29, 1.82) is 0 Å². The van der Waals surface area contributed by atoms with Crippen molar-refractivity contribution in [2.75, 3.05) is 44.9 Å². The highest BCUT2D eigenvalue weighted by atomic mass is 32.2. The van der Waals surface area contributed by atoms with Crippen LogP contribution in [-0.4, -0.2) is 120 Å². The number of aliphatic hydroxyl groups is 6. The lowest BCUT2D eigenvalue weighted by atomic mass is 9.68. The predicted octanol–water partition coefficient (Wildman–Crippen LogP) is 0.994. The van der Waals surface area contributed by atoms with E-state index < -0.39 is 58.3 Å². The van der Waals surface area contributed by atoms with Gasteiger partial charge in [-0.05, 0) is 61.6 Å². The number of carbonyl (C=O) groups excluding carboxylic acids is 1. The second kappa shape index (κ2) is 16.6. The minimum absolute atomic E-state index is 0.00215. The summed E-state index contributed by atoms with van der Waals surface area (Å²) in [5.74, 6) is -0.692. The summed E-state index contributed by atoms with van der Waals surface area (Å²) >= 11 is 0. The normalized spacial score (nSPS) is 25.0. The number of benzene rings is 1. The molecule has 3 rings (SSSR count). The zero-order chi connectivity index (χ0) is 34.2. The van der Waals surface area contributed by atoms with Crippen molar-refractivity contribution < 1.29 is 43.9 Å². The Morgan fingerprint density at radius 2 is 1.76 bits per heavy atom. The molecule has 260 valence electrons. The van der Waals surface area contributed by atoms with Crippen LogP contribution >= 0.6 is 0 Å². The highest BCUT2D eigenvalue weighted by molar-refractivity contribution is 7.95. The van der Waals surface area contributed by atoms with E-state index in [1.54, 1.807) is 17.0 Å². The van der Waals surface area contributed by atoms with Gasteiger partial charge in [0, 0.05) is 44.1 Å². The summed E-state index contributed by atoms with van der Waals surface area (Å²) in [4.78, 5) is 14.8. The molecule has 1 aliphatic heterocycles. The van der Waals surface area contributed by atoms with Crippen LogP contribution in [-0.2, 0) is 14.6 Å². The molecule has 46 heavy (non-hydrogen) atoms. The van der Waals surface area contributed by atoms with Crippen LogP contribution in [0.2, 0.25) is 0 Å². The largest absolute Gasteiger partial charge is 0.394 e. The topological polar surface area (TPSA) is 200 Å². The number of carbonyl (C=O) groups is 1. The summed E-state index contributed by atoms with van der Waals surface area (Å²) < 4.78 is 27.1. The third kappa shape index (κ3) is 8.75. The Bertz CT molecular complexity index is 1350. The van der Waals surface area contributed by atoms with Crippen molar-refractivity contribution in [2.45, 2.75) is 95.2 Å². The molecule has 0 radical (unpaired) electrons. The lowest BCUT2D eigenvalue weighted by molar-refractivity contribution is -0.116. The van der Waals surface area contributed by atoms with E-state index >= 15 is 0 Å². The summed E-state index contributed by atoms with van der Waals surface area (Å²) in [7, 11) is 0.0338. The number of anilines is 1. The third-order valence-corrected chi connectivity index (χ3v) is 11.2. The molecule has 2 aliphatic rings. The zero-order valence-corrected chi connectivity index (χ0v) is 28.2. The summed E-state index contributed by atoms with van der Waals surface area (Å²) in [5, 5.41) is 65.5. The molecule has 0 saturated heterocycles. The quantitative estimate of drug-likeness (QED) is 0.104. The van der Waals surface area contributed by atoms with E-state index in [2.05, 4.69) is 17.6 Å². The molecule has 1 heterocycles. The first-order valence-corrected chi connectivity index (χ1v) is 17.9. The first kappa shape index (κ1) is 38.1. The van der Waals surface area contributed by atoms with Crippen molar-refractivity contribution in [3.8, 4) is 0 Å². The Hall–Kier alpha value is -2.36. The number of rotatable bonds is 18. The van der Waals surface area contributed by atoms with Gasteiger partial charge in [0.25, 0.3) is 0 Å². The maximum absolute atomic E-state index is 13.5. The highest BCUT2D eigenvalue weighted by Crippen LogP contribution is 2.55. The van der Waals surface area contributed by atoms with E-state index in [1.165, 1.54) is 0 Å². The van der Waals surface area contributed by atoms with Gasteiger partial charge < -0.3 is 46.2 Å². The lowest BCUT2D eigenvalue weighted by Crippen LogP contribution is -2.49. The Balaban J connectivity index is 1.63. The average molecular weight is 668 g/mol. The molecule has 0 fully saturated rings. The monoisotopic (exact) mass is 667 g/mol. The van der Waals surface area contributed by atoms with Gasteiger partial charge >= 0.3 is 0 Å². The van der Waals surface area contributed by atoms with Crippen LogP contribution < -0.4 is 10.6 Å². The Morgan fingerprint density at radius 1 is 1.07 bits per heavy atom. The number of unbranched alkanes of at least 4 members (excludes halogenated alkanes) is 2. The standard InChI is InChI=1S/C33H53N3O9S/c1-5-7-14-33(6-2)20-46(44,45)32-24(36(3)4)17-23(29(41)28(32)33)21-11-10-12-22(16-21)35-27(40)13-8-9-15-34-18-25(38)30(42)31(43)26(39)19-37/h10-12,16-17,23,25-26,29-31,34,37-39,41-43H,5-9,13-15,18-20H2,1-4H3,(H,35,40)/t23-,25?,26?,29-,30?,31?,33-/m1/s1. The molecule has 12 nitrogen and oxygen atoms in total. The van der Waals surface area contributed by atoms with Gasteiger partial charge in [-0.1, -0.05) is 38.8 Å². The Morgan fingerprint density at radius 3 is 2.39 bits per heavy atom. The molecule has 8 N–H and O–H groups in total. The molecule has 13 heteroatoms. The van der Waals surface area contributed by atoms with Crippen molar-refractivity contribution in [3.05, 3.63) is 52.1 Å². The highest BCUT2D eigenvalue weighted by Gasteiger charge is 2.54. The molecule has 1 amide bonds. The number of nitrogens with one attached hydrogen (secondary N) is 2. The van der Waals surface area contributed by atoms with Crippen molar-refractivity contribution in [3.63, 3.8) is 0 Å². The second-order valence-corrected chi connectivity index (χ2v) is 14.7. The molecule has 1 aromatic carbocycles. The van der Waals surface area contributed by atoms with Gasteiger partial charge in [-0.3, -0.25) is 4.79 Å². The smallest absolute Gasteiger partial charge is 0.224 e. The van der Waals surface area contributed by atoms with Gasteiger partial charge in [0.15, 0.2) is 9.84 Å². The van der Waals surface area contributed by atoms with E-state index in [4.69, 9.17) is 5.11 Å². The fourth-order valence-electron chi connectivity index (χ4n) is 6.52. The van der Waals surface area contributed by atoms with Crippen molar-refractivity contribution >= 4 is 21.4 Å². The molecular formula is C33H53N3O9S. The van der Waals surface area contributed by atoms with E-state index in [0.717, 1.165) is 18.4 Å². The van der Waals surface area contributed by atoms with Gasteiger partial charge in [0.2, 0.25) is 5.91 Å². The van der Waals surface area contributed by atoms with Gasteiger partial charge in [-0.15, -0.1) is 0 Å². The van der Waals surface area contributed by atoms with Crippen LogP contribution in [0, 0.1) is 5.41 Å². The number of hydrogen-bond acceptors (Lipinski definition) is 11. The average Bonchev–Trinajstić information content (AvgIpc) is 3.27. The predicted molar refractivity (Wildman–Crippen MR) is 176 cm³/mol. The summed E-state index contributed by atoms with van der Waals surface area (Å²) in [6, 6.07) is 7.27. The second-order valence-electron chi connectivity index (χ2n) is 12.8. The zero-order valence-electron chi connectivity index (χ0n) is 27.4. The first-order chi connectivity index (χ1) is 21.7. The number of nitrogens with zero attached hydrogens (tertiary/aromatic N) is 1. The number of hydrogen-bond donors (Lipinski definition) is 8. The van der Waals surface area contributed by atoms with Crippen LogP contribution in [0.15, 0.2) is 46.5 Å². The molecule has 4 unspecified atom stereocenters. The van der Waals surface area contributed by atoms with Crippen molar-refractivity contribution in [1.82, 2.24) is 10.2 Å². The fraction of sp³-hybridized carbons (Fsp3) is 0.667. The molecule has 7 atom stereocenters. The molecular weight excluding hydrogens is 614 g/mol. The van der Waals surface area contributed by atoms with Gasteiger partial charge in [0.1, 0.15) is 18.3 Å². The first-order valence-electron chi connectivity index (χ1n) is 16.2. The SMILES string of the molecule is CCCC[C@]1(CC)CS(=O)(=O)C2=C1[C@H](O)[C@@H](c1cccc(NC(=O)CCCCNCC(O)C(O)C(O)C(O)CO)c1)C=C2N(C)C. The van der Waals surface area contributed by atoms with Crippen molar-refractivity contribution in [2.24, 2.45) is 5.41 Å². The maximum Gasteiger partial charge on any atom is 0.224 e. The van der Waals surface area contributed by atoms with Crippen LogP contribution in [0.1, 0.15) is 70.3 Å². The fourth-order valence-corrected chi connectivity index (χ4v) is 9.14. The number of sulfone groups is 1. The van der Waals surface area contributed by atoms with Gasteiger partial charge in [0.05, 0.1) is 35.2 Å². The molecule has 0 aromatic heterocycles. The third-order valence-electron chi connectivity index (χ3n) is 9.21. The van der Waals surface area contributed by atoms with Gasteiger partial charge in [-0.25, -0.2) is 8.42 Å². The summed E-state index contributed by atoms with van der Waals surface area (Å²) in [5.41, 5.74) is 1.91. The van der Waals surface area contributed by atoms with E-state index in [1.807, 2.05) is 39.2 Å². The number of amides is 1. The van der Waals surface area contributed by atoms with Crippen LogP contribution in [0.3, 0.4) is 0 Å². The van der Waals surface area contributed by atoms with E-state index in [0.29, 0.717) is 49.2 Å². The minimum Gasteiger partial charge on any atom is -0.394 e. The molecule has 1 aliphatic carbocycles. The number of aliphatic hydroxyl groups excluding tert-OH is 6. The van der Waals surface area contributed by atoms with Crippen LogP contribution in [0.4, 0.5) is 5.69 Å². The van der Waals surface area contributed by atoms with Crippen LogP contribution in [0.25, 0.3) is 0 Å². The number of likely N-dealkylation sites (N-methyl/N-ethyl adjacent to an activating group) is 1. The maximum atomic E-state index is 13.5. The van der Waals surface area contributed by atoms with Gasteiger partial charge in [-0.2, -0.15) is 0 Å². The lowest BCUT2D eigenvalue weighted by Gasteiger charge is -2.38. The van der Waals surface area contributed by atoms with E-state index in [9.17, 15) is 38.7 Å². The minimum atomic E-state index is -3.59. The van der Waals surface area contributed by atoms with Crippen LogP contribution in [0.5, 0.6) is 0 Å². The Kier molecular flexibility index (Phi) is 13.8. The molecule has 1 aromatic rings. The summed E-state index contributed by atoms with van der Waals surface area (Å²) in [6.07, 6.45) is -0.947. The molecule has 0 saturated carbocycles. The summed E-state index contributed by atoms with van der Waals surface area (Å²) in [6.45, 7) is 3.72. The molecule has 0 spiro atoms. The molecule has 0 bridgehead atoms.